The Morgan fingerprint density at radius 2 is 1.81 bits per heavy atom. The minimum atomic E-state index is -3.34. The lowest BCUT2D eigenvalue weighted by Crippen LogP contribution is -2.01. The third-order valence-corrected chi connectivity index (χ3v) is 4.66. The number of benzene rings is 1. The minimum absolute atomic E-state index is 0.0605. The Morgan fingerprint density at radius 1 is 1.14 bits per heavy atom. The van der Waals surface area contributed by atoms with Crippen LogP contribution in [0.25, 0.3) is 0 Å². The Hall–Kier alpha value is -0.740. The molecule has 0 bridgehead atoms. The van der Waals surface area contributed by atoms with E-state index in [9.17, 15) is 8.42 Å². The van der Waals surface area contributed by atoms with Gasteiger partial charge < -0.3 is 4.74 Å². The highest BCUT2D eigenvalue weighted by molar-refractivity contribution is 8.13. The van der Waals surface area contributed by atoms with Crippen LogP contribution in [0.3, 0.4) is 0 Å². The van der Waals surface area contributed by atoms with Crippen molar-refractivity contribution >= 4 is 19.7 Å². The SMILES string of the molecule is Cc1ccc(C(C)C)cc1OCCCCCCS(=O)(=O)Cl. The van der Waals surface area contributed by atoms with Gasteiger partial charge in [0.2, 0.25) is 9.05 Å². The summed E-state index contributed by atoms with van der Waals surface area (Å²) in [5.41, 5.74) is 2.43. The first-order chi connectivity index (χ1) is 9.79. The molecular formula is C16H25ClO3S. The lowest BCUT2D eigenvalue weighted by molar-refractivity contribution is 0.303. The zero-order valence-electron chi connectivity index (χ0n) is 13.1. The molecule has 21 heavy (non-hydrogen) atoms. The van der Waals surface area contributed by atoms with Crippen LogP contribution in [0, 0.1) is 6.92 Å². The minimum Gasteiger partial charge on any atom is -0.493 e. The lowest BCUT2D eigenvalue weighted by Gasteiger charge is -2.12. The molecule has 1 aromatic carbocycles. The first kappa shape index (κ1) is 18.3. The summed E-state index contributed by atoms with van der Waals surface area (Å²) in [5, 5.41) is 0. The average molecular weight is 333 g/mol. The van der Waals surface area contributed by atoms with Crippen LogP contribution in [0.4, 0.5) is 0 Å². The van der Waals surface area contributed by atoms with Gasteiger partial charge >= 0.3 is 0 Å². The summed E-state index contributed by atoms with van der Waals surface area (Å²) in [5.74, 6) is 1.50. The predicted molar refractivity (Wildman–Crippen MR) is 88.9 cm³/mol. The van der Waals surface area contributed by atoms with Crippen LogP contribution in [0.1, 0.15) is 56.6 Å². The Bertz CT molecular complexity index is 538. The van der Waals surface area contributed by atoms with Crippen molar-refractivity contribution in [3.05, 3.63) is 29.3 Å². The molecule has 0 unspecified atom stereocenters. The summed E-state index contributed by atoms with van der Waals surface area (Å²) in [6.45, 7) is 7.04. The van der Waals surface area contributed by atoms with Gasteiger partial charge in [0.05, 0.1) is 12.4 Å². The molecule has 0 aliphatic carbocycles. The Kier molecular flexibility index (Phi) is 7.53. The van der Waals surface area contributed by atoms with E-state index >= 15 is 0 Å². The van der Waals surface area contributed by atoms with E-state index in [-0.39, 0.29) is 5.75 Å². The molecule has 120 valence electrons. The number of unbranched alkanes of at least 4 members (excludes halogenated alkanes) is 3. The summed E-state index contributed by atoms with van der Waals surface area (Å²) in [6.07, 6.45) is 3.36. The van der Waals surface area contributed by atoms with Crippen molar-refractivity contribution < 1.29 is 13.2 Å². The standard InChI is InChI=1S/C16H25ClO3S/c1-13(2)15-9-8-14(3)16(12-15)20-10-6-4-5-7-11-21(17,18)19/h8-9,12-13H,4-7,10-11H2,1-3H3. The topological polar surface area (TPSA) is 43.4 Å². The van der Waals surface area contributed by atoms with Crippen LogP contribution < -0.4 is 4.74 Å². The zero-order valence-corrected chi connectivity index (χ0v) is 14.6. The van der Waals surface area contributed by atoms with Crippen molar-refractivity contribution in [3.8, 4) is 5.75 Å². The van der Waals surface area contributed by atoms with Gasteiger partial charge in [-0.25, -0.2) is 8.42 Å². The Labute approximate surface area is 133 Å². The van der Waals surface area contributed by atoms with Gasteiger partial charge in [0, 0.05) is 10.7 Å². The first-order valence-corrected chi connectivity index (χ1v) is 9.93. The smallest absolute Gasteiger partial charge is 0.232 e. The maximum Gasteiger partial charge on any atom is 0.232 e. The van der Waals surface area contributed by atoms with Crippen molar-refractivity contribution in [2.45, 2.75) is 52.4 Å². The summed E-state index contributed by atoms with van der Waals surface area (Å²) < 4.78 is 27.4. The molecule has 0 saturated carbocycles. The molecule has 3 nitrogen and oxygen atoms in total. The predicted octanol–water partition coefficient (Wildman–Crippen LogP) is 4.63. The fraction of sp³-hybridized carbons (Fsp3) is 0.625. The number of rotatable bonds is 9. The third-order valence-electron chi connectivity index (χ3n) is 3.42. The van der Waals surface area contributed by atoms with Gasteiger partial charge in [0.15, 0.2) is 0 Å². The summed E-state index contributed by atoms with van der Waals surface area (Å²) in [4.78, 5) is 0. The largest absolute Gasteiger partial charge is 0.493 e. The molecule has 0 aliphatic rings. The molecule has 5 heteroatoms. The molecule has 0 amide bonds. The van der Waals surface area contributed by atoms with Gasteiger partial charge in [-0.2, -0.15) is 0 Å². The first-order valence-electron chi connectivity index (χ1n) is 7.45. The Balaban J connectivity index is 2.28. The van der Waals surface area contributed by atoms with Gasteiger partial charge in [0.25, 0.3) is 0 Å². The van der Waals surface area contributed by atoms with E-state index in [0.717, 1.165) is 30.6 Å². The second-order valence-corrected chi connectivity index (χ2v) is 8.58. The normalized spacial score (nSPS) is 11.9. The number of ether oxygens (including phenoxy) is 1. The van der Waals surface area contributed by atoms with Crippen LogP contribution in [0.15, 0.2) is 18.2 Å². The number of hydrogen-bond acceptors (Lipinski definition) is 3. The van der Waals surface area contributed by atoms with E-state index in [1.807, 2.05) is 6.92 Å². The highest BCUT2D eigenvalue weighted by Gasteiger charge is 2.06. The zero-order chi connectivity index (χ0) is 15.9. The van der Waals surface area contributed by atoms with Crippen LogP contribution in [0.5, 0.6) is 5.75 Å². The molecule has 0 atom stereocenters. The van der Waals surface area contributed by atoms with Crippen LogP contribution >= 0.6 is 10.7 Å². The van der Waals surface area contributed by atoms with Gasteiger partial charge in [-0.3, -0.25) is 0 Å². The van der Waals surface area contributed by atoms with E-state index in [4.69, 9.17) is 15.4 Å². The van der Waals surface area contributed by atoms with Crippen molar-refractivity contribution in [2.75, 3.05) is 12.4 Å². The molecule has 1 aromatic rings. The molecule has 0 aromatic heterocycles. The van der Waals surface area contributed by atoms with Crippen molar-refractivity contribution in [3.63, 3.8) is 0 Å². The van der Waals surface area contributed by atoms with Gasteiger partial charge in [0.1, 0.15) is 5.75 Å². The third kappa shape index (κ3) is 7.72. The molecule has 0 radical (unpaired) electrons. The highest BCUT2D eigenvalue weighted by atomic mass is 35.7. The van der Waals surface area contributed by atoms with Crippen molar-refractivity contribution in [1.29, 1.82) is 0 Å². The second kappa shape index (κ2) is 8.64. The maximum absolute atomic E-state index is 10.8. The molecule has 0 saturated heterocycles. The number of hydrogen-bond donors (Lipinski definition) is 0. The number of aryl methyl sites for hydroxylation is 1. The fourth-order valence-electron chi connectivity index (χ4n) is 2.04. The summed E-state index contributed by atoms with van der Waals surface area (Å²) in [7, 11) is 1.82. The monoisotopic (exact) mass is 332 g/mol. The average Bonchev–Trinajstić information content (AvgIpc) is 2.38. The Morgan fingerprint density at radius 3 is 2.43 bits per heavy atom. The van der Waals surface area contributed by atoms with Crippen molar-refractivity contribution in [2.24, 2.45) is 0 Å². The molecule has 0 spiro atoms. The molecule has 0 aliphatic heterocycles. The fourth-order valence-corrected chi connectivity index (χ4v) is 2.92. The van der Waals surface area contributed by atoms with Gasteiger partial charge in [-0.05, 0) is 42.9 Å². The molecule has 0 fully saturated rings. The highest BCUT2D eigenvalue weighted by Crippen LogP contribution is 2.24. The summed E-state index contributed by atoms with van der Waals surface area (Å²) in [6, 6.07) is 6.34. The van der Waals surface area contributed by atoms with E-state index in [2.05, 4.69) is 32.0 Å². The molecule has 0 N–H and O–H groups in total. The van der Waals surface area contributed by atoms with Crippen molar-refractivity contribution in [1.82, 2.24) is 0 Å². The molecular weight excluding hydrogens is 308 g/mol. The van der Waals surface area contributed by atoms with E-state index in [1.54, 1.807) is 0 Å². The molecule has 0 heterocycles. The van der Waals surface area contributed by atoms with E-state index < -0.39 is 9.05 Å². The number of halogens is 1. The lowest BCUT2D eigenvalue weighted by atomic mass is 10.0. The van der Waals surface area contributed by atoms with Gasteiger partial charge in [-0.15, -0.1) is 0 Å². The summed E-state index contributed by atoms with van der Waals surface area (Å²) >= 11 is 0. The second-order valence-electron chi connectivity index (χ2n) is 5.69. The van der Waals surface area contributed by atoms with Gasteiger partial charge in [-0.1, -0.05) is 38.8 Å². The van der Waals surface area contributed by atoms with E-state index in [1.165, 1.54) is 5.56 Å². The van der Waals surface area contributed by atoms with Crippen LogP contribution in [0.2, 0.25) is 0 Å². The van der Waals surface area contributed by atoms with Crippen LogP contribution in [-0.4, -0.2) is 20.8 Å². The molecule has 1 rings (SSSR count). The quantitative estimate of drug-likeness (QED) is 0.489. The maximum atomic E-state index is 10.8. The van der Waals surface area contributed by atoms with Crippen LogP contribution in [-0.2, 0) is 9.05 Å². The van der Waals surface area contributed by atoms with E-state index in [0.29, 0.717) is 18.9 Å².